The van der Waals surface area contributed by atoms with E-state index in [2.05, 4.69) is 10.6 Å². The van der Waals surface area contributed by atoms with E-state index < -0.39 is 6.16 Å². The van der Waals surface area contributed by atoms with Crippen LogP contribution in [0.2, 0.25) is 0 Å². The molecule has 2 aromatic carbocycles. The number of rotatable bonds is 8. The van der Waals surface area contributed by atoms with E-state index in [0.29, 0.717) is 29.5 Å². The van der Waals surface area contributed by atoms with Gasteiger partial charge in [0.1, 0.15) is 5.75 Å². The van der Waals surface area contributed by atoms with Gasteiger partial charge in [-0.05, 0) is 74.6 Å². The van der Waals surface area contributed by atoms with Crippen LogP contribution in [0.25, 0.3) is 0 Å². The monoisotopic (exact) mass is 450 g/mol. The number of nitrogens with one attached hydrogen (secondary N) is 2. The lowest BCUT2D eigenvalue weighted by atomic mass is 9.99. The van der Waals surface area contributed by atoms with Gasteiger partial charge in [0, 0.05) is 23.9 Å². The molecule has 0 unspecified atom stereocenters. The molecule has 33 heavy (non-hydrogen) atoms. The normalized spacial score (nSPS) is 13.9. The summed E-state index contributed by atoms with van der Waals surface area (Å²) in [6.07, 6.45) is 5.69. The lowest BCUT2D eigenvalue weighted by molar-refractivity contribution is -0.112. The Balaban J connectivity index is 1.51. The van der Waals surface area contributed by atoms with Crippen LogP contribution in [0.15, 0.2) is 60.2 Å². The summed E-state index contributed by atoms with van der Waals surface area (Å²) in [5.74, 6) is 0.418. The molecule has 2 aromatic rings. The van der Waals surface area contributed by atoms with Crippen molar-refractivity contribution in [1.29, 1.82) is 0 Å². The molecule has 0 aromatic heterocycles. The van der Waals surface area contributed by atoms with Crippen LogP contribution < -0.4 is 15.4 Å². The summed E-state index contributed by atoms with van der Waals surface area (Å²) in [5, 5.41) is 5.76. The zero-order valence-electron chi connectivity index (χ0n) is 19.1. The molecule has 0 bridgehead atoms. The fourth-order valence-corrected chi connectivity index (χ4v) is 3.85. The molecule has 0 radical (unpaired) electrons. The summed E-state index contributed by atoms with van der Waals surface area (Å²) in [6, 6.07) is 13.6. The van der Waals surface area contributed by atoms with Gasteiger partial charge in [-0.25, -0.2) is 4.79 Å². The maximum atomic E-state index is 12.4. The highest BCUT2D eigenvalue weighted by atomic mass is 16.7. The molecule has 1 saturated carbocycles. The highest BCUT2D eigenvalue weighted by Gasteiger charge is 2.17. The molecule has 0 atom stereocenters. The third kappa shape index (κ3) is 7.49. The number of hydrogen-bond donors (Lipinski definition) is 2. The Morgan fingerprint density at radius 2 is 1.79 bits per heavy atom. The van der Waals surface area contributed by atoms with Crippen LogP contribution in [-0.4, -0.2) is 24.6 Å². The molecule has 0 aliphatic heterocycles. The van der Waals surface area contributed by atoms with Crippen molar-refractivity contribution in [3.8, 4) is 5.75 Å². The van der Waals surface area contributed by atoms with Crippen LogP contribution in [0.4, 0.5) is 10.5 Å². The van der Waals surface area contributed by atoms with E-state index in [-0.39, 0.29) is 18.4 Å². The third-order valence-corrected chi connectivity index (χ3v) is 5.59. The van der Waals surface area contributed by atoms with E-state index >= 15 is 0 Å². The van der Waals surface area contributed by atoms with Gasteiger partial charge in [-0.2, -0.15) is 0 Å². The lowest BCUT2D eigenvalue weighted by Gasteiger charge is -2.11. The van der Waals surface area contributed by atoms with E-state index in [1.165, 1.54) is 25.0 Å². The van der Waals surface area contributed by atoms with Gasteiger partial charge in [0.15, 0.2) is 0 Å². The van der Waals surface area contributed by atoms with Gasteiger partial charge in [0.2, 0.25) is 5.91 Å². The molecule has 7 heteroatoms. The molecule has 3 rings (SSSR count). The Morgan fingerprint density at radius 3 is 2.48 bits per heavy atom. The Kier molecular flexibility index (Phi) is 8.63. The van der Waals surface area contributed by atoms with E-state index in [1.54, 1.807) is 25.1 Å². The molecular weight excluding hydrogens is 420 g/mol. The number of benzene rings is 2. The Bertz CT molecular complexity index is 1010. The zero-order chi connectivity index (χ0) is 23.6. The van der Waals surface area contributed by atoms with Crippen molar-refractivity contribution in [3.63, 3.8) is 0 Å². The quantitative estimate of drug-likeness (QED) is 0.326. The summed E-state index contributed by atoms with van der Waals surface area (Å²) in [4.78, 5) is 36.2. The number of carbonyl (C=O) groups excluding carboxylic acids is 3. The smallest absolute Gasteiger partial charge is 0.434 e. The minimum Gasteiger partial charge on any atom is -0.434 e. The first-order chi connectivity index (χ1) is 15.9. The van der Waals surface area contributed by atoms with Gasteiger partial charge >= 0.3 is 6.16 Å². The summed E-state index contributed by atoms with van der Waals surface area (Å²) in [7, 11) is 0. The topological polar surface area (TPSA) is 93.7 Å². The first-order valence-corrected chi connectivity index (χ1v) is 11.3. The summed E-state index contributed by atoms with van der Waals surface area (Å²) in [6.45, 7) is 4.24. The molecule has 0 heterocycles. The van der Waals surface area contributed by atoms with Crippen molar-refractivity contribution < 1.29 is 23.9 Å². The van der Waals surface area contributed by atoms with Gasteiger partial charge in [0.25, 0.3) is 5.91 Å². The molecule has 174 valence electrons. The van der Waals surface area contributed by atoms with Gasteiger partial charge < -0.3 is 20.1 Å². The third-order valence-electron chi connectivity index (χ3n) is 5.59. The Hall–Kier alpha value is -3.61. The lowest BCUT2D eigenvalue weighted by Crippen LogP contribution is -2.22. The minimum atomic E-state index is -0.786. The average molecular weight is 451 g/mol. The van der Waals surface area contributed by atoms with Crippen molar-refractivity contribution in [2.75, 3.05) is 11.9 Å². The standard InChI is InChI=1S/C26H30N2O5/c1-3-32-26(31)33-23-13-11-21(12-14-23)25(30)27-17-19-7-6-10-22(16-19)28-24(29)15-18(2)20-8-4-5-9-20/h6-7,10-16,20H,3-5,8-9,17H2,1-2H3,(H,27,30)(H,28,29)/b18-15+. The Labute approximate surface area is 194 Å². The molecule has 2 amide bonds. The second-order valence-electron chi connectivity index (χ2n) is 8.05. The first-order valence-electron chi connectivity index (χ1n) is 11.3. The van der Waals surface area contributed by atoms with Crippen LogP contribution in [0, 0.1) is 5.92 Å². The molecular formula is C26H30N2O5. The van der Waals surface area contributed by atoms with Crippen molar-refractivity contribution in [2.24, 2.45) is 5.92 Å². The number of carbonyl (C=O) groups is 3. The largest absolute Gasteiger partial charge is 0.513 e. The Morgan fingerprint density at radius 1 is 1.06 bits per heavy atom. The molecule has 7 nitrogen and oxygen atoms in total. The van der Waals surface area contributed by atoms with Gasteiger partial charge in [0.05, 0.1) is 6.61 Å². The van der Waals surface area contributed by atoms with Crippen molar-refractivity contribution >= 4 is 23.7 Å². The highest BCUT2D eigenvalue weighted by molar-refractivity contribution is 5.99. The van der Waals surface area contributed by atoms with Crippen molar-refractivity contribution in [1.82, 2.24) is 5.32 Å². The van der Waals surface area contributed by atoms with Crippen LogP contribution in [0.5, 0.6) is 5.75 Å². The number of allylic oxidation sites excluding steroid dienone is 1. The minimum absolute atomic E-state index is 0.134. The van der Waals surface area contributed by atoms with Gasteiger partial charge in [-0.1, -0.05) is 30.5 Å². The number of amides is 2. The predicted molar refractivity (Wildman–Crippen MR) is 126 cm³/mol. The van der Waals surface area contributed by atoms with E-state index in [1.807, 2.05) is 31.2 Å². The zero-order valence-corrected chi connectivity index (χ0v) is 19.1. The van der Waals surface area contributed by atoms with E-state index in [9.17, 15) is 14.4 Å². The second-order valence-corrected chi connectivity index (χ2v) is 8.05. The maximum Gasteiger partial charge on any atom is 0.513 e. The van der Waals surface area contributed by atoms with E-state index in [0.717, 1.165) is 24.0 Å². The first kappa shape index (κ1) is 24.0. The SMILES string of the molecule is CCOC(=O)Oc1ccc(C(=O)NCc2cccc(NC(=O)/C=C(\C)C3CCCC3)c2)cc1. The predicted octanol–water partition coefficient (Wildman–Crippen LogP) is 5.23. The highest BCUT2D eigenvalue weighted by Crippen LogP contribution is 2.30. The molecule has 2 N–H and O–H groups in total. The van der Waals surface area contributed by atoms with Crippen LogP contribution in [0.3, 0.4) is 0 Å². The second kappa shape index (κ2) is 11.9. The number of ether oxygens (including phenoxy) is 2. The maximum absolute atomic E-state index is 12.4. The van der Waals surface area contributed by atoms with E-state index in [4.69, 9.17) is 9.47 Å². The average Bonchev–Trinajstić information content (AvgIpc) is 3.33. The summed E-state index contributed by atoms with van der Waals surface area (Å²) < 4.78 is 9.70. The van der Waals surface area contributed by atoms with Crippen molar-refractivity contribution in [2.45, 2.75) is 46.1 Å². The molecule has 1 aliphatic rings. The number of anilines is 1. The van der Waals surface area contributed by atoms with Gasteiger partial charge in [-0.15, -0.1) is 0 Å². The fraction of sp³-hybridized carbons (Fsp3) is 0.346. The van der Waals surface area contributed by atoms with Gasteiger partial charge in [-0.3, -0.25) is 9.59 Å². The molecule has 0 spiro atoms. The van der Waals surface area contributed by atoms with Crippen LogP contribution in [-0.2, 0) is 16.1 Å². The molecule has 0 saturated heterocycles. The summed E-state index contributed by atoms with van der Waals surface area (Å²) >= 11 is 0. The molecule has 1 aliphatic carbocycles. The fourth-order valence-electron chi connectivity index (χ4n) is 3.85. The number of hydrogen-bond acceptors (Lipinski definition) is 5. The van der Waals surface area contributed by atoms with Crippen molar-refractivity contribution in [3.05, 3.63) is 71.3 Å². The van der Waals surface area contributed by atoms with Crippen LogP contribution >= 0.6 is 0 Å². The molecule has 1 fully saturated rings. The van der Waals surface area contributed by atoms with Crippen LogP contribution in [0.1, 0.15) is 55.5 Å². The summed E-state index contributed by atoms with van der Waals surface area (Å²) in [5.41, 5.74) is 3.11.